The molecule has 2 aromatic carbocycles. The van der Waals surface area contributed by atoms with Crippen LogP contribution < -0.4 is 5.32 Å². The van der Waals surface area contributed by atoms with Gasteiger partial charge in [-0.2, -0.15) is 0 Å². The highest BCUT2D eigenvalue weighted by molar-refractivity contribution is 5.67. The van der Waals surface area contributed by atoms with E-state index in [0.29, 0.717) is 18.8 Å². The zero-order chi connectivity index (χ0) is 20.0. The molecule has 0 fully saturated rings. The van der Waals surface area contributed by atoms with Crippen molar-refractivity contribution in [1.82, 2.24) is 4.90 Å². The van der Waals surface area contributed by atoms with Gasteiger partial charge >= 0.3 is 6.09 Å². The number of hydrogen-bond acceptors (Lipinski definition) is 5. The van der Waals surface area contributed by atoms with Crippen LogP contribution in [-0.4, -0.2) is 28.6 Å². The fourth-order valence-electron chi connectivity index (χ4n) is 2.42. The summed E-state index contributed by atoms with van der Waals surface area (Å²) in [6.07, 6.45) is -0.371. The molecule has 0 aliphatic heterocycles. The molecule has 0 aliphatic rings. The van der Waals surface area contributed by atoms with Crippen LogP contribution in [0.15, 0.2) is 48.5 Å². The molecule has 0 radical (unpaired) electrons. The van der Waals surface area contributed by atoms with Crippen LogP contribution in [0.4, 0.5) is 16.2 Å². The number of anilines is 1. The average molecular weight is 371 g/mol. The minimum absolute atomic E-state index is 0.0492. The first-order valence-corrected chi connectivity index (χ1v) is 8.65. The number of nitro benzene ring substituents is 1. The first kappa shape index (κ1) is 20.2. The molecular formula is C20H25N3O4. The van der Waals surface area contributed by atoms with Gasteiger partial charge in [0.2, 0.25) is 0 Å². The minimum atomic E-state index is -0.527. The number of nitrogens with zero attached hydrogens (tertiary/aromatic N) is 2. The fourth-order valence-corrected chi connectivity index (χ4v) is 2.42. The maximum atomic E-state index is 12.0. The maximum absolute atomic E-state index is 12.0. The topological polar surface area (TPSA) is 84.7 Å². The van der Waals surface area contributed by atoms with Crippen molar-refractivity contribution in [2.24, 2.45) is 0 Å². The van der Waals surface area contributed by atoms with Gasteiger partial charge in [-0.3, -0.25) is 10.1 Å². The Kier molecular flexibility index (Phi) is 6.39. The molecule has 0 spiro atoms. The van der Waals surface area contributed by atoms with Crippen LogP contribution >= 0.6 is 0 Å². The van der Waals surface area contributed by atoms with Gasteiger partial charge in [0.15, 0.2) is 0 Å². The van der Waals surface area contributed by atoms with Crippen molar-refractivity contribution in [1.29, 1.82) is 0 Å². The molecule has 0 saturated carbocycles. The SMILES string of the molecule is CN(Cc1ccc(CNc2ccccc2[N+](=O)[O-])cc1)C(=O)OC(C)(C)C. The monoisotopic (exact) mass is 371 g/mol. The highest BCUT2D eigenvalue weighted by Gasteiger charge is 2.19. The van der Waals surface area contributed by atoms with Crippen LogP contribution in [0.5, 0.6) is 0 Å². The Hall–Kier alpha value is -3.09. The van der Waals surface area contributed by atoms with Crippen LogP contribution in [-0.2, 0) is 17.8 Å². The normalized spacial score (nSPS) is 11.0. The summed E-state index contributed by atoms with van der Waals surface area (Å²) in [6, 6.07) is 14.3. The largest absolute Gasteiger partial charge is 0.444 e. The molecule has 0 aliphatic carbocycles. The maximum Gasteiger partial charge on any atom is 0.410 e. The number of para-hydroxylation sites is 2. The molecule has 7 heteroatoms. The summed E-state index contributed by atoms with van der Waals surface area (Å²) in [6.45, 7) is 6.40. The number of carbonyl (C=O) groups is 1. The van der Waals surface area contributed by atoms with Crippen molar-refractivity contribution >= 4 is 17.5 Å². The van der Waals surface area contributed by atoms with Crippen LogP contribution in [0.2, 0.25) is 0 Å². The first-order valence-electron chi connectivity index (χ1n) is 8.65. The number of carbonyl (C=O) groups excluding carboxylic acids is 1. The van der Waals surface area contributed by atoms with Gasteiger partial charge in [-0.15, -0.1) is 0 Å². The van der Waals surface area contributed by atoms with Gasteiger partial charge in [-0.25, -0.2) is 4.79 Å². The van der Waals surface area contributed by atoms with Gasteiger partial charge < -0.3 is 15.0 Å². The number of nitro groups is 1. The smallest absolute Gasteiger partial charge is 0.410 e. The van der Waals surface area contributed by atoms with Crippen molar-refractivity contribution in [2.45, 2.75) is 39.5 Å². The summed E-state index contributed by atoms with van der Waals surface area (Å²) in [4.78, 5) is 24.2. The van der Waals surface area contributed by atoms with Crippen molar-refractivity contribution in [3.8, 4) is 0 Å². The molecular weight excluding hydrogens is 346 g/mol. The van der Waals surface area contributed by atoms with E-state index in [1.807, 2.05) is 45.0 Å². The van der Waals surface area contributed by atoms with E-state index in [9.17, 15) is 14.9 Å². The highest BCUT2D eigenvalue weighted by atomic mass is 16.6. The number of hydrogen-bond donors (Lipinski definition) is 1. The molecule has 0 aromatic heterocycles. The molecule has 0 heterocycles. The van der Waals surface area contributed by atoms with E-state index in [2.05, 4.69) is 5.32 Å². The summed E-state index contributed by atoms with van der Waals surface area (Å²) >= 11 is 0. The average Bonchev–Trinajstić information content (AvgIpc) is 2.59. The Labute approximate surface area is 159 Å². The number of nitrogens with one attached hydrogen (secondary N) is 1. The number of rotatable bonds is 6. The van der Waals surface area contributed by atoms with E-state index in [0.717, 1.165) is 11.1 Å². The molecule has 0 unspecified atom stereocenters. The molecule has 0 atom stereocenters. The van der Waals surface area contributed by atoms with Crippen molar-refractivity contribution in [3.05, 3.63) is 69.8 Å². The lowest BCUT2D eigenvalue weighted by atomic mass is 10.1. The molecule has 0 saturated heterocycles. The van der Waals surface area contributed by atoms with Gasteiger partial charge in [0.1, 0.15) is 11.3 Å². The zero-order valence-electron chi connectivity index (χ0n) is 16.1. The number of benzene rings is 2. The summed E-state index contributed by atoms with van der Waals surface area (Å²) in [7, 11) is 1.69. The third kappa shape index (κ3) is 6.29. The van der Waals surface area contributed by atoms with E-state index in [1.165, 1.54) is 11.0 Å². The lowest BCUT2D eigenvalue weighted by Gasteiger charge is -2.24. The fraction of sp³-hybridized carbons (Fsp3) is 0.350. The summed E-state index contributed by atoms with van der Waals surface area (Å²) < 4.78 is 5.34. The second kappa shape index (κ2) is 8.53. The Morgan fingerprint density at radius 1 is 1.11 bits per heavy atom. The molecule has 2 aromatic rings. The summed E-state index contributed by atoms with van der Waals surface area (Å²) in [5.74, 6) is 0. The van der Waals surface area contributed by atoms with Crippen molar-refractivity contribution < 1.29 is 14.5 Å². The van der Waals surface area contributed by atoms with Crippen LogP contribution in [0.25, 0.3) is 0 Å². The van der Waals surface area contributed by atoms with E-state index in [1.54, 1.807) is 25.2 Å². The lowest BCUT2D eigenvalue weighted by Crippen LogP contribution is -2.33. The van der Waals surface area contributed by atoms with Crippen LogP contribution in [0, 0.1) is 10.1 Å². The second-order valence-electron chi connectivity index (χ2n) is 7.28. The van der Waals surface area contributed by atoms with E-state index in [-0.39, 0.29) is 11.8 Å². The Morgan fingerprint density at radius 2 is 1.70 bits per heavy atom. The predicted molar refractivity (Wildman–Crippen MR) is 105 cm³/mol. The standard InChI is InChI=1S/C20H25N3O4/c1-20(2,3)27-19(24)22(4)14-16-11-9-15(10-12-16)13-21-17-7-5-6-8-18(17)23(25)26/h5-12,21H,13-14H2,1-4H3. The van der Waals surface area contributed by atoms with Gasteiger partial charge in [0, 0.05) is 26.2 Å². The van der Waals surface area contributed by atoms with E-state index < -0.39 is 10.5 Å². The summed E-state index contributed by atoms with van der Waals surface area (Å²) in [5, 5.41) is 14.1. The predicted octanol–water partition coefficient (Wildman–Crippen LogP) is 4.57. The molecule has 144 valence electrons. The first-order chi connectivity index (χ1) is 12.7. The quantitative estimate of drug-likeness (QED) is 0.594. The van der Waals surface area contributed by atoms with Gasteiger partial charge in [-0.05, 0) is 38.0 Å². The molecule has 27 heavy (non-hydrogen) atoms. The van der Waals surface area contributed by atoms with Crippen molar-refractivity contribution in [2.75, 3.05) is 12.4 Å². The van der Waals surface area contributed by atoms with Gasteiger partial charge in [0.25, 0.3) is 5.69 Å². The number of ether oxygens (including phenoxy) is 1. The molecule has 1 N–H and O–H groups in total. The third-order valence-electron chi connectivity index (χ3n) is 3.73. The second-order valence-corrected chi connectivity index (χ2v) is 7.28. The van der Waals surface area contributed by atoms with E-state index >= 15 is 0 Å². The zero-order valence-corrected chi connectivity index (χ0v) is 16.1. The minimum Gasteiger partial charge on any atom is -0.444 e. The van der Waals surface area contributed by atoms with Crippen LogP contribution in [0.3, 0.4) is 0 Å². The molecule has 1 amide bonds. The van der Waals surface area contributed by atoms with E-state index in [4.69, 9.17) is 4.74 Å². The van der Waals surface area contributed by atoms with Gasteiger partial charge in [-0.1, -0.05) is 36.4 Å². The summed E-state index contributed by atoms with van der Waals surface area (Å²) in [5.41, 5.74) is 1.96. The molecule has 7 nitrogen and oxygen atoms in total. The Balaban J connectivity index is 1.94. The van der Waals surface area contributed by atoms with Crippen LogP contribution in [0.1, 0.15) is 31.9 Å². The lowest BCUT2D eigenvalue weighted by molar-refractivity contribution is -0.384. The van der Waals surface area contributed by atoms with Crippen molar-refractivity contribution in [3.63, 3.8) is 0 Å². The third-order valence-corrected chi connectivity index (χ3v) is 3.73. The highest BCUT2D eigenvalue weighted by Crippen LogP contribution is 2.23. The van der Waals surface area contributed by atoms with Gasteiger partial charge in [0.05, 0.1) is 4.92 Å². The molecule has 2 rings (SSSR count). The number of amides is 1. The Bertz CT molecular complexity index is 798. The Morgan fingerprint density at radius 3 is 2.30 bits per heavy atom. The molecule has 0 bridgehead atoms.